The van der Waals surface area contributed by atoms with Crippen molar-refractivity contribution in [2.75, 3.05) is 0 Å². The highest BCUT2D eigenvalue weighted by Gasteiger charge is 1.97. The second-order valence-electron chi connectivity index (χ2n) is 2.53. The van der Waals surface area contributed by atoms with Crippen LogP contribution >= 0.6 is 23.0 Å². The van der Waals surface area contributed by atoms with E-state index in [1.165, 1.54) is 11.1 Å². The fourth-order valence-corrected chi connectivity index (χ4v) is 1.51. The summed E-state index contributed by atoms with van der Waals surface area (Å²) in [6, 6.07) is 6.27. The quantitative estimate of drug-likeness (QED) is 0.743. The first-order chi connectivity index (χ1) is 5.27. The molecular weight excluding hydrogens is 251 g/mol. The molecule has 0 saturated carbocycles. The summed E-state index contributed by atoms with van der Waals surface area (Å²) >= 11 is 1.90. The van der Waals surface area contributed by atoms with E-state index in [0.717, 1.165) is 12.2 Å². The van der Waals surface area contributed by atoms with Crippen molar-refractivity contribution < 1.29 is 3.07 Å². The maximum atomic E-state index is 5.11. The van der Waals surface area contributed by atoms with Gasteiger partial charge in [-0.3, -0.25) is 0 Å². The molecule has 0 aliphatic heterocycles. The molecule has 0 spiro atoms. The predicted molar refractivity (Wildman–Crippen MR) is 55.2 cm³/mol. The van der Waals surface area contributed by atoms with Crippen molar-refractivity contribution >= 4 is 23.0 Å². The van der Waals surface area contributed by atoms with E-state index in [4.69, 9.17) is 3.07 Å². The smallest absolute Gasteiger partial charge is 0.192 e. The summed E-state index contributed by atoms with van der Waals surface area (Å²) in [6.07, 6.45) is 1.09. The van der Waals surface area contributed by atoms with Crippen LogP contribution < -0.4 is 3.07 Å². The van der Waals surface area contributed by atoms with Crippen molar-refractivity contribution in [2.45, 2.75) is 20.3 Å². The van der Waals surface area contributed by atoms with Crippen molar-refractivity contribution in [3.05, 3.63) is 29.3 Å². The zero-order valence-electron chi connectivity index (χ0n) is 6.73. The summed E-state index contributed by atoms with van der Waals surface area (Å²) in [7, 11) is 0. The van der Waals surface area contributed by atoms with Gasteiger partial charge in [-0.15, -0.1) is 0 Å². The van der Waals surface area contributed by atoms with Crippen molar-refractivity contribution in [2.24, 2.45) is 0 Å². The standard InChI is InChI=1S/C9H11IO/c1-3-8-4-5-9(11-10)7(2)6-8/h4-6H,3H2,1-2H3. The Morgan fingerprint density at radius 1 is 1.45 bits per heavy atom. The maximum absolute atomic E-state index is 5.11. The molecule has 11 heavy (non-hydrogen) atoms. The lowest BCUT2D eigenvalue weighted by atomic mass is 10.1. The molecule has 0 aliphatic carbocycles. The molecular formula is C9H11IO. The Hall–Kier alpha value is -0.250. The van der Waals surface area contributed by atoms with E-state index in [2.05, 4.69) is 26.0 Å². The first-order valence-corrected chi connectivity index (χ1v) is 4.54. The van der Waals surface area contributed by atoms with Crippen LogP contribution in [0.4, 0.5) is 0 Å². The molecule has 2 heteroatoms. The van der Waals surface area contributed by atoms with Gasteiger partial charge in [0, 0.05) is 0 Å². The Morgan fingerprint density at radius 3 is 2.64 bits per heavy atom. The monoisotopic (exact) mass is 262 g/mol. The molecule has 1 nitrogen and oxygen atoms in total. The van der Waals surface area contributed by atoms with Crippen LogP contribution in [0.5, 0.6) is 5.75 Å². The molecule has 0 saturated heterocycles. The topological polar surface area (TPSA) is 9.23 Å². The number of benzene rings is 1. The van der Waals surface area contributed by atoms with Crippen LogP contribution in [0.2, 0.25) is 0 Å². The molecule has 0 aromatic heterocycles. The van der Waals surface area contributed by atoms with Gasteiger partial charge in [-0.05, 0) is 30.5 Å². The van der Waals surface area contributed by atoms with Gasteiger partial charge >= 0.3 is 0 Å². The average molecular weight is 262 g/mol. The fourth-order valence-electron chi connectivity index (χ4n) is 1.02. The van der Waals surface area contributed by atoms with Gasteiger partial charge in [0.05, 0.1) is 0 Å². The van der Waals surface area contributed by atoms with Gasteiger partial charge in [-0.25, -0.2) is 0 Å². The number of aryl methyl sites for hydroxylation is 2. The number of hydrogen-bond donors (Lipinski definition) is 0. The van der Waals surface area contributed by atoms with Crippen molar-refractivity contribution in [3.8, 4) is 5.75 Å². The normalized spacial score (nSPS) is 9.73. The van der Waals surface area contributed by atoms with Crippen LogP contribution in [0.1, 0.15) is 18.1 Å². The van der Waals surface area contributed by atoms with Crippen LogP contribution in [0.25, 0.3) is 0 Å². The molecule has 60 valence electrons. The zero-order chi connectivity index (χ0) is 8.27. The zero-order valence-corrected chi connectivity index (χ0v) is 8.88. The van der Waals surface area contributed by atoms with Crippen molar-refractivity contribution in [3.63, 3.8) is 0 Å². The van der Waals surface area contributed by atoms with E-state index in [-0.39, 0.29) is 0 Å². The lowest BCUT2D eigenvalue weighted by Gasteiger charge is -2.03. The highest BCUT2D eigenvalue weighted by atomic mass is 127. The SMILES string of the molecule is CCc1ccc(OI)c(C)c1. The van der Waals surface area contributed by atoms with E-state index in [9.17, 15) is 0 Å². The molecule has 1 aromatic carbocycles. The Bertz CT molecular complexity index is 245. The largest absolute Gasteiger partial charge is 0.427 e. The summed E-state index contributed by atoms with van der Waals surface area (Å²) in [6.45, 7) is 4.21. The van der Waals surface area contributed by atoms with E-state index < -0.39 is 0 Å². The first kappa shape index (κ1) is 8.84. The molecule has 0 unspecified atom stereocenters. The van der Waals surface area contributed by atoms with Crippen LogP contribution in [0, 0.1) is 6.92 Å². The lowest BCUT2D eigenvalue weighted by Crippen LogP contribution is -1.84. The van der Waals surface area contributed by atoms with Crippen LogP contribution in [0.3, 0.4) is 0 Å². The summed E-state index contributed by atoms with van der Waals surface area (Å²) in [5.74, 6) is 0.961. The highest BCUT2D eigenvalue weighted by Crippen LogP contribution is 2.20. The van der Waals surface area contributed by atoms with E-state index >= 15 is 0 Å². The molecule has 0 N–H and O–H groups in total. The van der Waals surface area contributed by atoms with Gasteiger partial charge in [-0.1, -0.05) is 19.1 Å². The highest BCUT2D eigenvalue weighted by molar-refractivity contribution is 14.1. The van der Waals surface area contributed by atoms with Gasteiger partial charge in [0.1, 0.15) is 5.75 Å². The molecule has 0 fully saturated rings. The number of halogens is 1. The minimum atomic E-state index is 0.961. The predicted octanol–water partition coefficient (Wildman–Crippen LogP) is 3.29. The van der Waals surface area contributed by atoms with Gasteiger partial charge in [0.2, 0.25) is 0 Å². The van der Waals surface area contributed by atoms with Gasteiger partial charge in [-0.2, -0.15) is 0 Å². The lowest BCUT2D eigenvalue weighted by molar-refractivity contribution is 0.708. The minimum Gasteiger partial charge on any atom is -0.427 e. The average Bonchev–Trinajstić information content (AvgIpc) is 2.04. The van der Waals surface area contributed by atoms with E-state index in [1.807, 2.05) is 29.1 Å². The van der Waals surface area contributed by atoms with Crippen LogP contribution in [0.15, 0.2) is 18.2 Å². The summed E-state index contributed by atoms with van der Waals surface area (Å²) < 4.78 is 5.11. The van der Waals surface area contributed by atoms with Crippen molar-refractivity contribution in [1.82, 2.24) is 0 Å². The van der Waals surface area contributed by atoms with Gasteiger partial charge in [0.25, 0.3) is 0 Å². The summed E-state index contributed by atoms with van der Waals surface area (Å²) in [5.41, 5.74) is 2.57. The van der Waals surface area contributed by atoms with Gasteiger partial charge in [0.15, 0.2) is 23.0 Å². The molecule has 0 aliphatic rings. The summed E-state index contributed by atoms with van der Waals surface area (Å²) in [5, 5.41) is 0. The van der Waals surface area contributed by atoms with E-state index in [1.54, 1.807) is 0 Å². The first-order valence-electron chi connectivity index (χ1n) is 3.66. The molecule has 0 amide bonds. The third kappa shape index (κ3) is 2.09. The van der Waals surface area contributed by atoms with E-state index in [0.29, 0.717) is 0 Å². The molecule has 0 radical (unpaired) electrons. The summed E-state index contributed by atoms with van der Waals surface area (Å²) in [4.78, 5) is 0. The second-order valence-corrected chi connectivity index (χ2v) is 2.97. The Labute approximate surface area is 81.5 Å². The Balaban J connectivity index is 2.99. The molecule has 0 bridgehead atoms. The molecule has 0 heterocycles. The van der Waals surface area contributed by atoms with Gasteiger partial charge < -0.3 is 3.07 Å². The fraction of sp³-hybridized carbons (Fsp3) is 0.333. The third-order valence-electron chi connectivity index (χ3n) is 1.73. The third-order valence-corrected chi connectivity index (χ3v) is 2.21. The van der Waals surface area contributed by atoms with Crippen molar-refractivity contribution in [1.29, 1.82) is 0 Å². The Morgan fingerprint density at radius 2 is 2.18 bits per heavy atom. The number of hydrogen-bond acceptors (Lipinski definition) is 1. The van der Waals surface area contributed by atoms with Crippen LogP contribution in [-0.2, 0) is 6.42 Å². The number of rotatable bonds is 2. The second kappa shape index (κ2) is 3.95. The molecule has 1 aromatic rings. The Kier molecular flexibility index (Phi) is 3.17. The molecule has 1 rings (SSSR count). The minimum absolute atomic E-state index is 0.961. The maximum Gasteiger partial charge on any atom is 0.192 e. The van der Waals surface area contributed by atoms with Crippen LogP contribution in [-0.4, -0.2) is 0 Å². The molecule has 0 atom stereocenters.